The van der Waals surface area contributed by atoms with Gasteiger partial charge < -0.3 is 0 Å². The van der Waals surface area contributed by atoms with Crippen LogP contribution in [0.4, 0.5) is 0 Å². The Morgan fingerprint density at radius 1 is 0.864 bits per heavy atom. The molecule has 0 fully saturated rings. The molecule has 3 nitrogen and oxygen atoms in total. The summed E-state index contributed by atoms with van der Waals surface area (Å²) in [5.74, 6) is 0. The number of fused-ring (bicyclic) bond motifs is 3. The molecule has 0 atom stereocenters. The van der Waals surface area contributed by atoms with E-state index in [0.29, 0.717) is 0 Å². The fourth-order valence-corrected chi connectivity index (χ4v) is 3.38. The number of nitrogens with zero attached hydrogens (tertiary/aromatic N) is 3. The second-order valence-electron chi connectivity index (χ2n) is 6.00. The number of benzene rings is 1. The van der Waals surface area contributed by atoms with Gasteiger partial charge in [-0.25, -0.2) is 4.98 Å². The van der Waals surface area contributed by atoms with Crippen LogP contribution in [0.15, 0.2) is 42.6 Å². The van der Waals surface area contributed by atoms with E-state index in [2.05, 4.69) is 73.2 Å². The van der Waals surface area contributed by atoms with Crippen molar-refractivity contribution < 1.29 is 0 Å². The molecule has 0 N–H and O–H groups in total. The van der Waals surface area contributed by atoms with Crippen LogP contribution in [0.5, 0.6) is 0 Å². The molecule has 4 rings (SSSR count). The maximum atomic E-state index is 4.82. The lowest BCUT2D eigenvalue weighted by Crippen LogP contribution is -2.04. The molecule has 0 saturated carbocycles. The highest BCUT2D eigenvalue weighted by atomic mass is 15.2. The summed E-state index contributed by atoms with van der Waals surface area (Å²) in [6, 6.07) is 12.6. The molecule has 0 radical (unpaired) electrons. The van der Waals surface area contributed by atoms with Gasteiger partial charge in [-0.15, -0.1) is 0 Å². The van der Waals surface area contributed by atoms with Crippen molar-refractivity contribution >= 4 is 16.8 Å². The number of pyridine rings is 1. The summed E-state index contributed by atoms with van der Waals surface area (Å²) in [5.41, 5.74) is 9.58. The SMILES string of the molecule is Cc1cccc(C)c1-n1c(C)c(C)c2nc3ccccn3c21. The summed E-state index contributed by atoms with van der Waals surface area (Å²) in [4.78, 5) is 4.82. The van der Waals surface area contributed by atoms with Gasteiger partial charge in [0.05, 0.1) is 5.69 Å². The molecule has 110 valence electrons. The number of imidazole rings is 1. The average Bonchev–Trinajstić information content (AvgIpc) is 2.98. The molecule has 22 heavy (non-hydrogen) atoms. The van der Waals surface area contributed by atoms with Crippen molar-refractivity contribution in [2.75, 3.05) is 0 Å². The van der Waals surface area contributed by atoms with Gasteiger partial charge in [-0.2, -0.15) is 0 Å². The fourth-order valence-electron chi connectivity index (χ4n) is 3.38. The van der Waals surface area contributed by atoms with Crippen molar-refractivity contribution in [3.63, 3.8) is 0 Å². The lowest BCUT2D eigenvalue weighted by molar-refractivity contribution is 0.978. The van der Waals surface area contributed by atoms with E-state index in [0.717, 1.165) is 16.8 Å². The van der Waals surface area contributed by atoms with Crippen molar-refractivity contribution in [2.24, 2.45) is 0 Å². The number of aromatic nitrogens is 3. The second-order valence-corrected chi connectivity index (χ2v) is 6.00. The molecule has 0 spiro atoms. The largest absolute Gasteiger partial charge is 0.298 e. The lowest BCUT2D eigenvalue weighted by Gasteiger charge is -2.15. The summed E-state index contributed by atoms with van der Waals surface area (Å²) in [5, 5.41) is 0. The fraction of sp³-hybridized carbons (Fsp3) is 0.211. The van der Waals surface area contributed by atoms with Crippen LogP contribution in [0.1, 0.15) is 22.4 Å². The van der Waals surface area contributed by atoms with Crippen LogP contribution in [0.2, 0.25) is 0 Å². The van der Waals surface area contributed by atoms with E-state index in [1.54, 1.807) is 0 Å². The molecule has 1 aromatic carbocycles. The smallest absolute Gasteiger partial charge is 0.150 e. The molecule has 3 heteroatoms. The normalized spacial score (nSPS) is 11.6. The molecule has 0 unspecified atom stereocenters. The maximum Gasteiger partial charge on any atom is 0.150 e. The number of rotatable bonds is 1. The molecule has 0 aliphatic carbocycles. The Morgan fingerprint density at radius 3 is 2.32 bits per heavy atom. The molecule has 0 bridgehead atoms. The topological polar surface area (TPSA) is 22.2 Å². The highest BCUT2D eigenvalue weighted by Gasteiger charge is 2.19. The minimum Gasteiger partial charge on any atom is -0.298 e. The summed E-state index contributed by atoms with van der Waals surface area (Å²) >= 11 is 0. The third-order valence-electron chi connectivity index (χ3n) is 4.61. The first-order valence-electron chi connectivity index (χ1n) is 7.61. The third-order valence-corrected chi connectivity index (χ3v) is 4.61. The van der Waals surface area contributed by atoms with Gasteiger partial charge in [-0.05, 0) is 56.5 Å². The van der Waals surface area contributed by atoms with Crippen LogP contribution in [0.3, 0.4) is 0 Å². The first-order chi connectivity index (χ1) is 10.6. The summed E-state index contributed by atoms with van der Waals surface area (Å²) in [6.45, 7) is 8.69. The maximum absolute atomic E-state index is 4.82. The zero-order valence-corrected chi connectivity index (χ0v) is 13.4. The second kappa shape index (κ2) is 4.47. The molecule has 0 saturated heterocycles. The Kier molecular flexibility index (Phi) is 2.67. The lowest BCUT2D eigenvalue weighted by atomic mass is 10.1. The highest BCUT2D eigenvalue weighted by molar-refractivity contribution is 5.85. The highest BCUT2D eigenvalue weighted by Crippen LogP contribution is 2.31. The summed E-state index contributed by atoms with van der Waals surface area (Å²) < 4.78 is 4.54. The van der Waals surface area contributed by atoms with Gasteiger partial charge in [-0.1, -0.05) is 24.3 Å². The summed E-state index contributed by atoms with van der Waals surface area (Å²) in [6.07, 6.45) is 2.09. The number of para-hydroxylation sites is 1. The van der Waals surface area contributed by atoms with E-state index in [4.69, 9.17) is 4.98 Å². The Labute approximate surface area is 129 Å². The minimum absolute atomic E-state index is 0.996. The van der Waals surface area contributed by atoms with Crippen LogP contribution < -0.4 is 0 Å². The van der Waals surface area contributed by atoms with Crippen molar-refractivity contribution in [1.29, 1.82) is 0 Å². The standard InChI is InChI=1S/C19H19N3/c1-12-8-7-9-13(2)18(12)22-15(4)14(3)17-19(22)21-11-6-5-10-16(21)20-17/h5-11H,1-4H3. The van der Waals surface area contributed by atoms with Crippen LogP contribution in [-0.2, 0) is 0 Å². The first-order valence-corrected chi connectivity index (χ1v) is 7.61. The average molecular weight is 289 g/mol. The number of hydrogen-bond acceptors (Lipinski definition) is 1. The molecule has 0 amide bonds. The van der Waals surface area contributed by atoms with Gasteiger partial charge in [0, 0.05) is 11.9 Å². The first kappa shape index (κ1) is 13.1. The van der Waals surface area contributed by atoms with Crippen LogP contribution >= 0.6 is 0 Å². The monoisotopic (exact) mass is 289 g/mol. The van der Waals surface area contributed by atoms with Crippen molar-refractivity contribution in [3.8, 4) is 5.69 Å². The van der Waals surface area contributed by atoms with Crippen molar-refractivity contribution in [3.05, 3.63) is 65.0 Å². The van der Waals surface area contributed by atoms with E-state index in [-0.39, 0.29) is 0 Å². The predicted octanol–water partition coefficient (Wildman–Crippen LogP) is 4.51. The molecule has 4 aromatic rings. The van der Waals surface area contributed by atoms with Crippen molar-refractivity contribution in [2.45, 2.75) is 27.7 Å². The van der Waals surface area contributed by atoms with E-state index in [1.165, 1.54) is 28.1 Å². The number of aryl methyl sites for hydroxylation is 3. The van der Waals surface area contributed by atoms with Gasteiger partial charge in [0.1, 0.15) is 16.8 Å². The zero-order valence-electron chi connectivity index (χ0n) is 13.4. The molecule has 3 aromatic heterocycles. The minimum atomic E-state index is 0.996. The van der Waals surface area contributed by atoms with Crippen LogP contribution in [-0.4, -0.2) is 14.0 Å². The van der Waals surface area contributed by atoms with E-state index in [9.17, 15) is 0 Å². The molecule has 0 aliphatic heterocycles. The number of hydrogen-bond donors (Lipinski definition) is 0. The van der Waals surface area contributed by atoms with E-state index < -0.39 is 0 Å². The van der Waals surface area contributed by atoms with Gasteiger partial charge in [-0.3, -0.25) is 8.97 Å². The van der Waals surface area contributed by atoms with E-state index >= 15 is 0 Å². The quantitative estimate of drug-likeness (QED) is 0.505. The predicted molar refractivity (Wildman–Crippen MR) is 91.0 cm³/mol. The van der Waals surface area contributed by atoms with Crippen molar-refractivity contribution in [1.82, 2.24) is 14.0 Å². The van der Waals surface area contributed by atoms with Gasteiger partial charge in [0.2, 0.25) is 0 Å². The Morgan fingerprint density at radius 2 is 1.59 bits per heavy atom. The van der Waals surface area contributed by atoms with E-state index in [1.807, 2.05) is 6.07 Å². The molecule has 0 aliphatic rings. The Balaban J connectivity index is 2.24. The third kappa shape index (κ3) is 1.59. The van der Waals surface area contributed by atoms with Crippen LogP contribution in [0, 0.1) is 27.7 Å². The van der Waals surface area contributed by atoms with Crippen LogP contribution in [0.25, 0.3) is 22.5 Å². The van der Waals surface area contributed by atoms with Gasteiger partial charge in [0.25, 0.3) is 0 Å². The molecule has 3 heterocycles. The molecular weight excluding hydrogens is 270 g/mol. The summed E-state index contributed by atoms with van der Waals surface area (Å²) in [7, 11) is 0. The zero-order chi connectivity index (χ0) is 15.4. The molecular formula is C19H19N3. The Bertz CT molecular complexity index is 998. The van der Waals surface area contributed by atoms with Gasteiger partial charge >= 0.3 is 0 Å². The van der Waals surface area contributed by atoms with Gasteiger partial charge in [0.15, 0.2) is 0 Å². The Hall–Kier alpha value is -2.55.